The number of tetrazole rings is 1. The Kier molecular flexibility index (Phi) is 10.6. The molecular weight excluding hydrogens is 796 g/mol. The van der Waals surface area contributed by atoms with Gasteiger partial charge in [0, 0.05) is 41.4 Å². The summed E-state index contributed by atoms with van der Waals surface area (Å²) in [4.78, 5) is 31.8. The predicted molar refractivity (Wildman–Crippen MR) is 222 cm³/mol. The zero-order chi connectivity index (χ0) is 40.4. The molecule has 12 heteroatoms. The highest BCUT2D eigenvalue weighted by molar-refractivity contribution is 9.10. The maximum atomic E-state index is 13.7. The number of halogens is 1. The van der Waals surface area contributed by atoms with E-state index in [4.69, 9.17) is 34.3 Å². The number of esters is 2. The number of ether oxygens (including phenoxy) is 2. The first-order chi connectivity index (χ1) is 28.2. The molecule has 0 amide bonds. The largest absolute Gasteiger partial charge is 0.472 e. The second kappa shape index (κ2) is 16.1. The minimum atomic E-state index is -1.08. The lowest BCUT2D eigenvalue weighted by Crippen LogP contribution is -2.39. The zero-order valence-electron chi connectivity index (χ0n) is 32.3. The van der Waals surface area contributed by atoms with Gasteiger partial charge in [0.2, 0.25) is 12.1 Å². The van der Waals surface area contributed by atoms with E-state index in [9.17, 15) is 9.59 Å². The van der Waals surface area contributed by atoms with Gasteiger partial charge in [-0.05, 0) is 67.5 Å². The lowest BCUT2D eigenvalue weighted by atomic mass is 9.77. The molecule has 3 heterocycles. The molecule has 0 saturated heterocycles. The monoisotopic (exact) mass is 834 g/mol. The molecule has 1 atom stereocenters. The fraction of sp³-hybridized carbons (Fsp3) is 0.174. The summed E-state index contributed by atoms with van der Waals surface area (Å²) in [6.07, 6.45) is 2.80. The zero-order valence-corrected chi connectivity index (χ0v) is 33.9. The Morgan fingerprint density at radius 1 is 0.793 bits per heavy atom. The van der Waals surface area contributed by atoms with Crippen LogP contribution in [0, 0.1) is 6.92 Å². The second-order valence-electron chi connectivity index (χ2n) is 13.8. The minimum absolute atomic E-state index is 0.255. The Hall–Kier alpha value is -6.66. The molecule has 2 aliphatic rings. The van der Waals surface area contributed by atoms with Gasteiger partial charge >= 0.3 is 11.9 Å². The molecule has 0 bridgehead atoms. The second-order valence-corrected chi connectivity index (χ2v) is 14.6. The summed E-state index contributed by atoms with van der Waals surface area (Å²) in [5.74, 6) is -0.0857. The van der Waals surface area contributed by atoms with Crippen molar-refractivity contribution in [2.45, 2.75) is 52.5 Å². The molecule has 58 heavy (non-hydrogen) atoms. The van der Waals surface area contributed by atoms with Crippen LogP contribution in [-0.2, 0) is 32.8 Å². The highest BCUT2D eigenvalue weighted by Gasteiger charge is 2.41. The van der Waals surface area contributed by atoms with E-state index in [0.29, 0.717) is 23.8 Å². The van der Waals surface area contributed by atoms with E-state index in [2.05, 4.69) is 52.3 Å². The van der Waals surface area contributed by atoms with Crippen LogP contribution in [0.3, 0.4) is 0 Å². The van der Waals surface area contributed by atoms with E-state index < -0.39 is 23.8 Å². The first-order valence-electron chi connectivity index (χ1n) is 18.9. The number of aromatic nitrogens is 6. The van der Waals surface area contributed by atoms with Crippen LogP contribution in [0.15, 0.2) is 143 Å². The van der Waals surface area contributed by atoms with Crippen LogP contribution in [-0.4, -0.2) is 48.0 Å². The molecule has 0 saturated carbocycles. The van der Waals surface area contributed by atoms with Crippen molar-refractivity contribution in [1.82, 2.24) is 29.8 Å². The molecule has 0 spiro atoms. The van der Waals surface area contributed by atoms with Gasteiger partial charge in [-0.15, -0.1) is 15.0 Å². The normalized spacial score (nSPS) is 12.1. The Morgan fingerprint density at radius 2 is 1.38 bits per heavy atom. The fourth-order valence-corrected chi connectivity index (χ4v) is 8.60. The van der Waals surface area contributed by atoms with E-state index in [0.717, 1.165) is 54.5 Å². The van der Waals surface area contributed by atoms with Crippen LogP contribution in [0.25, 0.3) is 33.6 Å². The summed E-state index contributed by atoms with van der Waals surface area (Å²) in [7, 11) is 0. The number of aryl methyl sites for hydroxylation is 2. The van der Waals surface area contributed by atoms with E-state index in [1.807, 2.05) is 96.4 Å². The van der Waals surface area contributed by atoms with Gasteiger partial charge in [-0.25, -0.2) is 9.78 Å². The molecule has 1 aliphatic carbocycles. The van der Waals surface area contributed by atoms with E-state index >= 15 is 0 Å². The Bertz CT molecular complexity index is 2590. The summed E-state index contributed by atoms with van der Waals surface area (Å²) < 4.78 is 19.1. The Morgan fingerprint density at radius 3 is 1.97 bits per heavy atom. The number of hydrogen-bond acceptors (Lipinski definition) is 9. The van der Waals surface area contributed by atoms with Gasteiger partial charge in [0.1, 0.15) is 5.82 Å². The number of carbonyl (C=O) groups is 2. The maximum Gasteiger partial charge on any atom is 0.359 e. The summed E-state index contributed by atoms with van der Waals surface area (Å²) in [5.41, 5.74) is 7.84. The molecule has 2 aromatic heterocycles. The molecule has 0 N–H and O–H groups in total. The van der Waals surface area contributed by atoms with Gasteiger partial charge in [0.25, 0.3) is 0 Å². The highest BCUT2D eigenvalue weighted by atomic mass is 79.9. The molecule has 0 fully saturated rings. The van der Waals surface area contributed by atoms with Gasteiger partial charge < -0.3 is 18.5 Å². The smallest absolute Gasteiger partial charge is 0.359 e. The van der Waals surface area contributed by atoms with Gasteiger partial charge in [0.05, 0.1) is 24.8 Å². The van der Waals surface area contributed by atoms with Crippen LogP contribution < -0.4 is 0 Å². The van der Waals surface area contributed by atoms with Gasteiger partial charge in [-0.1, -0.05) is 122 Å². The standard InChI is InChI=1S/C46H39BrN6O5/c1-5-40-48-29(2)43(45(55)58-31(4)57-30(3)54)52(40)27-38-35-25-26-56-28-39(35)42(47)41(38)36-23-15-16-24-37(36)44-49-51-53(50-44)46(32-17-9-6-10-18-32,33-19-11-7-12-20-33)34-21-13-8-14-22-34/h6-26,28,31H,5,27H2,1-4H3. The summed E-state index contributed by atoms with van der Waals surface area (Å²) in [6.45, 7) is 6.78. The van der Waals surface area contributed by atoms with Crippen molar-refractivity contribution in [3.8, 4) is 33.6 Å². The van der Waals surface area contributed by atoms with Crippen LogP contribution >= 0.6 is 15.9 Å². The van der Waals surface area contributed by atoms with Gasteiger partial charge in [-0.2, -0.15) is 0 Å². The number of imidazole rings is 1. The first kappa shape index (κ1) is 38.2. The fourth-order valence-electron chi connectivity index (χ4n) is 7.84. The number of benzene rings is 4. The van der Waals surface area contributed by atoms with Crippen molar-refractivity contribution in [1.29, 1.82) is 0 Å². The first-order valence-corrected chi connectivity index (χ1v) is 19.7. The number of rotatable bonds is 12. The van der Waals surface area contributed by atoms with E-state index in [1.54, 1.807) is 24.2 Å². The third-order valence-corrected chi connectivity index (χ3v) is 11.1. The molecular formula is C46H39BrN6O5. The third kappa shape index (κ3) is 6.79. The predicted octanol–water partition coefficient (Wildman–Crippen LogP) is 9.49. The number of fused-ring (bicyclic) bond motifs is 1. The highest BCUT2D eigenvalue weighted by Crippen LogP contribution is 2.49. The SMILES string of the molecule is CCc1nc(C)c(C(=O)OC(C)OC(C)=O)n1Cc1c2ccocc-2c(Br)c1-c1ccccc1-c1nnn(C(c2ccccc2)(c2ccccc2)c2ccccc2)n1. The van der Waals surface area contributed by atoms with Gasteiger partial charge in [0.15, 0.2) is 11.2 Å². The van der Waals surface area contributed by atoms with Crippen molar-refractivity contribution in [3.63, 3.8) is 0 Å². The third-order valence-electron chi connectivity index (χ3n) is 10.2. The van der Waals surface area contributed by atoms with Crippen molar-refractivity contribution < 1.29 is 23.5 Å². The van der Waals surface area contributed by atoms with Crippen LogP contribution in [0.1, 0.15) is 65.0 Å². The van der Waals surface area contributed by atoms with E-state index in [1.165, 1.54) is 13.8 Å². The van der Waals surface area contributed by atoms with Crippen molar-refractivity contribution in [2.24, 2.45) is 0 Å². The minimum Gasteiger partial charge on any atom is -0.472 e. The summed E-state index contributed by atoms with van der Waals surface area (Å²) >= 11 is 3.95. The molecule has 1 aliphatic heterocycles. The molecule has 6 aromatic rings. The average molecular weight is 836 g/mol. The topological polar surface area (TPSA) is 127 Å². The molecule has 11 nitrogen and oxygen atoms in total. The summed E-state index contributed by atoms with van der Waals surface area (Å²) in [5, 5.41) is 14.8. The number of hydrogen-bond donors (Lipinski definition) is 0. The van der Waals surface area contributed by atoms with Crippen molar-refractivity contribution in [2.75, 3.05) is 0 Å². The quantitative estimate of drug-likeness (QED) is 0.0672. The lowest BCUT2D eigenvalue weighted by Gasteiger charge is -2.34. The van der Waals surface area contributed by atoms with Crippen LogP contribution in [0.2, 0.25) is 0 Å². The van der Waals surface area contributed by atoms with Crippen molar-refractivity contribution >= 4 is 27.9 Å². The number of nitrogens with zero attached hydrogens (tertiary/aromatic N) is 6. The molecule has 8 rings (SSSR count). The maximum absolute atomic E-state index is 13.7. The van der Waals surface area contributed by atoms with Crippen LogP contribution in [0.5, 0.6) is 0 Å². The van der Waals surface area contributed by atoms with Crippen LogP contribution in [0.4, 0.5) is 0 Å². The molecule has 290 valence electrons. The number of carbonyl (C=O) groups excluding carboxylic acids is 2. The molecule has 4 aromatic carbocycles. The Labute approximate surface area is 343 Å². The van der Waals surface area contributed by atoms with Crippen molar-refractivity contribution in [3.05, 3.63) is 178 Å². The lowest BCUT2D eigenvalue weighted by molar-refractivity contribution is -0.162. The molecule has 0 radical (unpaired) electrons. The van der Waals surface area contributed by atoms with E-state index in [-0.39, 0.29) is 12.2 Å². The Balaban J connectivity index is 1.30. The molecule has 1 unspecified atom stereocenters. The van der Waals surface area contributed by atoms with Gasteiger partial charge in [-0.3, -0.25) is 4.79 Å². The summed E-state index contributed by atoms with van der Waals surface area (Å²) in [6, 6.07) is 40.5. The average Bonchev–Trinajstić information content (AvgIpc) is 3.93.